The first-order valence-electron chi connectivity index (χ1n) is 6.18. The van der Waals surface area contributed by atoms with Crippen molar-refractivity contribution in [3.05, 3.63) is 18.1 Å². The molecule has 94 valence electrons. The number of ether oxygens (including phenoxy) is 1. The minimum Gasteiger partial charge on any atom is -0.373 e. The molecule has 0 aromatic carbocycles. The van der Waals surface area contributed by atoms with Crippen LogP contribution in [0.5, 0.6) is 0 Å². The van der Waals surface area contributed by atoms with Crippen LogP contribution in [0.2, 0.25) is 0 Å². The van der Waals surface area contributed by atoms with Crippen LogP contribution in [-0.2, 0) is 4.74 Å². The first kappa shape index (κ1) is 12.3. The smallest absolute Gasteiger partial charge is 0.160 e. The monoisotopic (exact) mass is 236 g/mol. The van der Waals surface area contributed by atoms with Crippen LogP contribution in [0.4, 0.5) is 5.82 Å². The molecule has 1 aliphatic rings. The maximum absolute atomic E-state index is 5.75. The normalized spacial score (nSPS) is 21.4. The Balaban J connectivity index is 2.05. The highest BCUT2D eigenvalue weighted by molar-refractivity contribution is 5.31. The fourth-order valence-electron chi connectivity index (χ4n) is 2.05. The zero-order valence-corrected chi connectivity index (χ0v) is 10.5. The van der Waals surface area contributed by atoms with Gasteiger partial charge in [0.25, 0.3) is 0 Å². The van der Waals surface area contributed by atoms with Crippen molar-refractivity contribution in [2.45, 2.75) is 19.4 Å². The Morgan fingerprint density at radius 3 is 3.24 bits per heavy atom. The Morgan fingerprint density at radius 1 is 1.59 bits per heavy atom. The molecule has 0 radical (unpaired) electrons. The predicted molar refractivity (Wildman–Crippen MR) is 67.0 cm³/mol. The molecule has 1 N–H and O–H groups in total. The summed E-state index contributed by atoms with van der Waals surface area (Å²) >= 11 is 0. The van der Waals surface area contributed by atoms with Crippen molar-refractivity contribution in [3.8, 4) is 0 Å². The summed E-state index contributed by atoms with van der Waals surface area (Å²) in [6.45, 7) is 5.98. The van der Waals surface area contributed by atoms with Crippen LogP contribution in [-0.4, -0.2) is 48.2 Å². The van der Waals surface area contributed by atoms with E-state index in [1.807, 2.05) is 13.1 Å². The molecule has 2 rings (SSSR count). The molecular weight excluding hydrogens is 216 g/mol. The molecule has 1 aliphatic heterocycles. The summed E-state index contributed by atoms with van der Waals surface area (Å²) in [5.41, 5.74) is 0. The number of aromatic nitrogens is 2. The van der Waals surface area contributed by atoms with Crippen molar-refractivity contribution in [3.63, 3.8) is 0 Å². The molecule has 5 heteroatoms. The summed E-state index contributed by atoms with van der Waals surface area (Å²) in [6.07, 6.45) is 2.95. The maximum Gasteiger partial charge on any atom is 0.160 e. The van der Waals surface area contributed by atoms with Crippen molar-refractivity contribution in [2.24, 2.45) is 0 Å². The minimum absolute atomic E-state index is 0.00333. The van der Waals surface area contributed by atoms with Crippen LogP contribution in [0.1, 0.15) is 25.3 Å². The summed E-state index contributed by atoms with van der Waals surface area (Å²) in [5, 5.41) is 3.02. The van der Waals surface area contributed by atoms with E-state index in [4.69, 9.17) is 4.74 Å². The van der Waals surface area contributed by atoms with Crippen molar-refractivity contribution >= 4 is 5.82 Å². The van der Waals surface area contributed by atoms with Crippen LogP contribution in [0.3, 0.4) is 0 Å². The highest BCUT2D eigenvalue weighted by atomic mass is 16.5. The van der Waals surface area contributed by atoms with Crippen LogP contribution in [0.25, 0.3) is 0 Å². The first-order chi connectivity index (χ1) is 8.33. The fourth-order valence-corrected chi connectivity index (χ4v) is 2.05. The summed E-state index contributed by atoms with van der Waals surface area (Å²) in [5.74, 6) is 1.61. The zero-order chi connectivity index (χ0) is 12.1. The molecule has 0 spiro atoms. The van der Waals surface area contributed by atoms with Gasteiger partial charge in [-0.05, 0) is 19.0 Å². The number of nitrogens with zero attached hydrogens (tertiary/aromatic N) is 3. The number of hydrogen-bond donors (Lipinski definition) is 1. The van der Waals surface area contributed by atoms with Crippen molar-refractivity contribution in [1.29, 1.82) is 0 Å². The van der Waals surface area contributed by atoms with Crippen molar-refractivity contribution < 1.29 is 4.74 Å². The van der Waals surface area contributed by atoms with Crippen molar-refractivity contribution in [2.75, 3.05) is 38.6 Å². The van der Waals surface area contributed by atoms with Crippen LogP contribution < -0.4 is 5.32 Å². The molecule has 1 aromatic heterocycles. The van der Waals surface area contributed by atoms with Crippen LogP contribution in [0, 0.1) is 0 Å². The molecule has 0 saturated carbocycles. The molecule has 1 aromatic rings. The molecule has 0 aliphatic carbocycles. The van der Waals surface area contributed by atoms with E-state index < -0.39 is 0 Å². The molecule has 2 heterocycles. The Kier molecular flexibility index (Phi) is 4.28. The average Bonchev–Trinajstić information content (AvgIpc) is 2.40. The van der Waals surface area contributed by atoms with E-state index in [0.717, 1.165) is 37.9 Å². The van der Waals surface area contributed by atoms with E-state index in [9.17, 15) is 0 Å². The number of morpholine rings is 1. The highest BCUT2D eigenvalue weighted by Crippen LogP contribution is 2.19. The number of nitrogens with one attached hydrogen (secondary N) is 1. The zero-order valence-electron chi connectivity index (χ0n) is 10.5. The topological polar surface area (TPSA) is 50.3 Å². The Morgan fingerprint density at radius 2 is 2.47 bits per heavy atom. The van der Waals surface area contributed by atoms with Gasteiger partial charge < -0.3 is 10.1 Å². The number of anilines is 1. The summed E-state index contributed by atoms with van der Waals surface area (Å²) < 4.78 is 5.75. The highest BCUT2D eigenvalue weighted by Gasteiger charge is 2.23. The molecule has 1 saturated heterocycles. The standard InChI is InChI=1S/C12H20N4O/c1-3-6-16-7-8-17-10(9-16)12-14-5-4-11(13-2)15-12/h4-5,10H,3,6-9H2,1-2H3,(H,13,14,15). The van der Waals surface area contributed by atoms with Gasteiger partial charge in [-0.2, -0.15) is 0 Å². The van der Waals surface area contributed by atoms with Gasteiger partial charge >= 0.3 is 0 Å². The van der Waals surface area contributed by atoms with Gasteiger partial charge in [0.05, 0.1) is 6.61 Å². The lowest BCUT2D eigenvalue weighted by atomic mass is 10.2. The summed E-state index contributed by atoms with van der Waals surface area (Å²) in [6, 6.07) is 1.86. The second-order valence-electron chi connectivity index (χ2n) is 4.21. The van der Waals surface area contributed by atoms with Gasteiger partial charge in [-0.25, -0.2) is 9.97 Å². The molecule has 0 amide bonds. The quantitative estimate of drug-likeness (QED) is 0.854. The van der Waals surface area contributed by atoms with E-state index >= 15 is 0 Å². The lowest BCUT2D eigenvalue weighted by molar-refractivity contribution is -0.0341. The third-order valence-corrected chi connectivity index (χ3v) is 2.91. The summed E-state index contributed by atoms with van der Waals surface area (Å²) in [7, 11) is 1.86. The maximum atomic E-state index is 5.75. The number of hydrogen-bond acceptors (Lipinski definition) is 5. The predicted octanol–water partition coefficient (Wildman–Crippen LogP) is 1.30. The third-order valence-electron chi connectivity index (χ3n) is 2.91. The molecular formula is C12H20N4O. The molecule has 0 bridgehead atoms. The lowest BCUT2D eigenvalue weighted by Crippen LogP contribution is -2.39. The second-order valence-corrected chi connectivity index (χ2v) is 4.21. The Hall–Kier alpha value is -1.20. The molecule has 17 heavy (non-hydrogen) atoms. The number of rotatable bonds is 4. The first-order valence-corrected chi connectivity index (χ1v) is 6.18. The average molecular weight is 236 g/mol. The second kappa shape index (κ2) is 5.93. The molecule has 1 fully saturated rings. The summed E-state index contributed by atoms with van der Waals surface area (Å²) in [4.78, 5) is 11.1. The molecule has 1 unspecified atom stereocenters. The largest absolute Gasteiger partial charge is 0.373 e. The van der Waals surface area contributed by atoms with Gasteiger partial charge in [0.15, 0.2) is 5.82 Å². The van der Waals surface area contributed by atoms with E-state index in [2.05, 4.69) is 27.1 Å². The fraction of sp³-hybridized carbons (Fsp3) is 0.667. The van der Waals surface area contributed by atoms with E-state index in [-0.39, 0.29) is 6.10 Å². The molecule has 1 atom stereocenters. The van der Waals surface area contributed by atoms with E-state index in [1.165, 1.54) is 6.42 Å². The third kappa shape index (κ3) is 3.14. The van der Waals surface area contributed by atoms with E-state index in [1.54, 1.807) is 6.20 Å². The van der Waals surface area contributed by atoms with Gasteiger partial charge in [-0.15, -0.1) is 0 Å². The lowest BCUT2D eigenvalue weighted by Gasteiger charge is -2.31. The van der Waals surface area contributed by atoms with Crippen LogP contribution in [0.15, 0.2) is 12.3 Å². The Labute approximate surface area is 102 Å². The van der Waals surface area contributed by atoms with E-state index in [0.29, 0.717) is 0 Å². The van der Waals surface area contributed by atoms with Gasteiger partial charge in [-0.3, -0.25) is 4.90 Å². The van der Waals surface area contributed by atoms with Gasteiger partial charge in [0.2, 0.25) is 0 Å². The van der Waals surface area contributed by atoms with Gasteiger partial charge in [-0.1, -0.05) is 6.92 Å². The SMILES string of the molecule is CCCN1CCOC(c2nccc(NC)n2)C1. The Bertz CT molecular complexity index is 356. The van der Waals surface area contributed by atoms with Gasteiger partial charge in [0.1, 0.15) is 11.9 Å². The van der Waals surface area contributed by atoms with Crippen LogP contribution >= 0.6 is 0 Å². The van der Waals surface area contributed by atoms with Crippen molar-refractivity contribution in [1.82, 2.24) is 14.9 Å². The molecule has 5 nitrogen and oxygen atoms in total. The minimum atomic E-state index is 0.00333. The van der Waals surface area contributed by atoms with Gasteiger partial charge in [0, 0.05) is 26.3 Å².